The van der Waals surface area contributed by atoms with E-state index >= 15 is 0 Å². The lowest BCUT2D eigenvalue weighted by Crippen LogP contribution is -2.27. The molecule has 0 aliphatic carbocycles. The molecule has 0 spiro atoms. The Hall–Kier alpha value is -2.50. The highest BCUT2D eigenvalue weighted by Crippen LogP contribution is 2.18. The molecule has 0 saturated heterocycles. The molecule has 1 aromatic carbocycles. The van der Waals surface area contributed by atoms with E-state index in [4.69, 9.17) is 10.5 Å². The normalized spacial score (nSPS) is 10.3. The van der Waals surface area contributed by atoms with Crippen LogP contribution in [0.3, 0.4) is 0 Å². The Bertz CT molecular complexity index is 602. The van der Waals surface area contributed by atoms with Gasteiger partial charge in [-0.3, -0.25) is 9.89 Å². The van der Waals surface area contributed by atoms with Gasteiger partial charge in [-0.05, 0) is 24.6 Å². The van der Waals surface area contributed by atoms with Crippen LogP contribution in [-0.4, -0.2) is 35.2 Å². The highest BCUT2D eigenvalue weighted by atomic mass is 16.5. The summed E-state index contributed by atoms with van der Waals surface area (Å²) in [7, 11) is 3.34. The lowest BCUT2D eigenvalue weighted by molar-refractivity contribution is 0.0785. The van der Waals surface area contributed by atoms with Crippen molar-refractivity contribution in [3.05, 3.63) is 41.1 Å². The summed E-state index contributed by atoms with van der Waals surface area (Å²) in [6.45, 7) is 2.25. The highest BCUT2D eigenvalue weighted by Gasteiger charge is 2.20. The van der Waals surface area contributed by atoms with Crippen molar-refractivity contribution in [3.8, 4) is 5.75 Å². The molecule has 0 saturated carbocycles. The molecule has 0 fully saturated rings. The second kappa shape index (κ2) is 5.64. The number of nitrogens with one attached hydrogen (secondary N) is 1. The van der Waals surface area contributed by atoms with Gasteiger partial charge in [0.1, 0.15) is 11.3 Å². The fraction of sp³-hybridized carbons (Fsp3) is 0.286. The number of methoxy groups -OCH3 is 1. The van der Waals surface area contributed by atoms with Gasteiger partial charge in [0, 0.05) is 19.3 Å². The fourth-order valence-electron chi connectivity index (χ4n) is 2.03. The van der Waals surface area contributed by atoms with Crippen molar-refractivity contribution in [3.63, 3.8) is 0 Å². The highest BCUT2D eigenvalue weighted by molar-refractivity contribution is 5.99. The van der Waals surface area contributed by atoms with Gasteiger partial charge in [-0.2, -0.15) is 5.10 Å². The molecular weight excluding hydrogens is 256 g/mol. The summed E-state index contributed by atoms with van der Waals surface area (Å²) < 4.78 is 5.17. The molecule has 1 amide bonds. The number of carbonyl (C=O) groups excluding carboxylic acids is 1. The molecule has 0 radical (unpaired) electrons. The molecule has 106 valence electrons. The van der Waals surface area contributed by atoms with Crippen LogP contribution in [0.25, 0.3) is 0 Å². The molecule has 0 bridgehead atoms. The number of hydrogen-bond donors (Lipinski definition) is 2. The first kappa shape index (κ1) is 13.9. The number of aryl methyl sites for hydroxylation is 1. The zero-order chi connectivity index (χ0) is 14.7. The summed E-state index contributed by atoms with van der Waals surface area (Å²) in [6, 6.07) is 7.60. The second-order valence-corrected chi connectivity index (χ2v) is 4.62. The zero-order valence-corrected chi connectivity index (χ0v) is 11.8. The minimum atomic E-state index is -0.156. The van der Waals surface area contributed by atoms with Gasteiger partial charge in [0.2, 0.25) is 0 Å². The lowest BCUT2D eigenvalue weighted by atomic mass is 10.1. The van der Waals surface area contributed by atoms with Crippen molar-refractivity contribution >= 4 is 11.7 Å². The maximum absolute atomic E-state index is 12.4. The molecule has 3 N–H and O–H groups in total. The lowest BCUT2D eigenvalue weighted by Gasteiger charge is -2.17. The topological polar surface area (TPSA) is 84.2 Å². The standard InChI is InChI=1S/C14H18N4O2/c1-9-12(13(15)17-16-9)14(19)18(2)8-10-5-4-6-11(7-10)20-3/h4-7H,8H2,1-3H3,(H3,15,16,17). The van der Waals surface area contributed by atoms with Gasteiger partial charge < -0.3 is 15.4 Å². The summed E-state index contributed by atoms with van der Waals surface area (Å²) in [5.74, 6) is 0.837. The van der Waals surface area contributed by atoms with Crippen LogP contribution < -0.4 is 10.5 Å². The van der Waals surface area contributed by atoms with Crippen LogP contribution >= 0.6 is 0 Å². The molecule has 0 aliphatic rings. The molecule has 0 unspecified atom stereocenters. The zero-order valence-electron chi connectivity index (χ0n) is 11.8. The van der Waals surface area contributed by atoms with E-state index in [2.05, 4.69) is 10.2 Å². The van der Waals surface area contributed by atoms with Crippen molar-refractivity contribution in [2.24, 2.45) is 0 Å². The van der Waals surface area contributed by atoms with Crippen molar-refractivity contribution in [1.82, 2.24) is 15.1 Å². The SMILES string of the molecule is COc1cccc(CN(C)C(=O)c2c(N)n[nH]c2C)c1. The van der Waals surface area contributed by atoms with Gasteiger partial charge in [0.05, 0.1) is 7.11 Å². The van der Waals surface area contributed by atoms with Crippen LogP contribution in [-0.2, 0) is 6.54 Å². The number of benzene rings is 1. The third-order valence-electron chi connectivity index (χ3n) is 3.09. The Balaban J connectivity index is 2.15. The van der Waals surface area contributed by atoms with E-state index in [-0.39, 0.29) is 11.7 Å². The van der Waals surface area contributed by atoms with E-state index in [0.717, 1.165) is 11.3 Å². The Kier molecular flexibility index (Phi) is 3.93. The number of amides is 1. The van der Waals surface area contributed by atoms with Gasteiger partial charge in [-0.15, -0.1) is 0 Å². The molecular formula is C14H18N4O2. The van der Waals surface area contributed by atoms with E-state index < -0.39 is 0 Å². The predicted octanol–water partition coefficient (Wildman–Crippen LogP) is 1.58. The van der Waals surface area contributed by atoms with Crippen molar-refractivity contribution < 1.29 is 9.53 Å². The molecule has 6 nitrogen and oxygen atoms in total. The van der Waals surface area contributed by atoms with E-state index in [0.29, 0.717) is 17.8 Å². The molecule has 1 aromatic heterocycles. The van der Waals surface area contributed by atoms with Crippen molar-refractivity contribution in [1.29, 1.82) is 0 Å². The fourth-order valence-corrected chi connectivity index (χ4v) is 2.03. The number of H-pyrrole nitrogens is 1. The number of rotatable bonds is 4. The summed E-state index contributed by atoms with van der Waals surface area (Å²) in [6.07, 6.45) is 0. The van der Waals surface area contributed by atoms with Crippen LogP contribution in [0, 0.1) is 6.92 Å². The number of aromatic nitrogens is 2. The molecule has 20 heavy (non-hydrogen) atoms. The van der Waals surface area contributed by atoms with Gasteiger partial charge >= 0.3 is 0 Å². The maximum Gasteiger partial charge on any atom is 0.259 e. The van der Waals surface area contributed by atoms with Gasteiger partial charge in [-0.25, -0.2) is 0 Å². The molecule has 1 heterocycles. The Morgan fingerprint density at radius 3 is 2.85 bits per heavy atom. The third kappa shape index (κ3) is 2.74. The molecule has 2 rings (SSSR count). The third-order valence-corrected chi connectivity index (χ3v) is 3.09. The summed E-state index contributed by atoms with van der Waals surface area (Å²) >= 11 is 0. The maximum atomic E-state index is 12.4. The number of nitrogens with zero attached hydrogens (tertiary/aromatic N) is 2. The van der Waals surface area contributed by atoms with Gasteiger partial charge in [0.15, 0.2) is 5.82 Å². The molecule has 6 heteroatoms. The van der Waals surface area contributed by atoms with Crippen molar-refractivity contribution in [2.75, 3.05) is 19.9 Å². The van der Waals surface area contributed by atoms with E-state index in [1.165, 1.54) is 0 Å². The molecule has 0 aliphatic heterocycles. The summed E-state index contributed by atoms with van der Waals surface area (Å²) in [5.41, 5.74) is 7.79. The number of carbonyl (C=O) groups is 1. The number of aromatic amines is 1. The van der Waals surface area contributed by atoms with Crippen LogP contribution in [0.15, 0.2) is 24.3 Å². The molecule has 0 atom stereocenters. The average Bonchev–Trinajstić information content (AvgIpc) is 2.77. The minimum Gasteiger partial charge on any atom is -0.497 e. The van der Waals surface area contributed by atoms with E-state index in [9.17, 15) is 4.79 Å². The summed E-state index contributed by atoms with van der Waals surface area (Å²) in [4.78, 5) is 14.0. The Labute approximate surface area is 117 Å². The first-order chi connectivity index (χ1) is 9.52. The Morgan fingerprint density at radius 1 is 1.50 bits per heavy atom. The first-order valence-electron chi connectivity index (χ1n) is 6.21. The van der Waals surface area contributed by atoms with E-state index in [1.807, 2.05) is 24.3 Å². The first-order valence-corrected chi connectivity index (χ1v) is 6.21. The van der Waals surface area contributed by atoms with Crippen molar-refractivity contribution in [2.45, 2.75) is 13.5 Å². The number of anilines is 1. The van der Waals surface area contributed by atoms with Crippen LogP contribution in [0.4, 0.5) is 5.82 Å². The van der Waals surface area contributed by atoms with Gasteiger partial charge in [0.25, 0.3) is 5.91 Å². The number of nitrogen functional groups attached to an aromatic ring is 1. The largest absolute Gasteiger partial charge is 0.497 e. The van der Waals surface area contributed by atoms with Crippen LogP contribution in [0.5, 0.6) is 5.75 Å². The smallest absolute Gasteiger partial charge is 0.259 e. The van der Waals surface area contributed by atoms with Crippen LogP contribution in [0.1, 0.15) is 21.6 Å². The minimum absolute atomic E-state index is 0.156. The molecule has 2 aromatic rings. The average molecular weight is 274 g/mol. The Morgan fingerprint density at radius 2 is 2.25 bits per heavy atom. The number of nitrogens with two attached hydrogens (primary N) is 1. The quantitative estimate of drug-likeness (QED) is 0.886. The van der Waals surface area contributed by atoms with E-state index in [1.54, 1.807) is 26.0 Å². The predicted molar refractivity (Wildman–Crippen MR) is 76.5 cm³/mol. The van der Waals surface area contributed by atoms with Crippen LogP contribution in [0.2, 0.25) is 0 Å². The number of ether oxygens (including phenoxy) is 1. The van der Waals surface area contributed by atoms with Gasteiger partial charge in [-0.1, -0.05) is 12.1 Å². The second-order valence-electron chi connectivity index (χ2n) is 4.62. The monoisotopic (exact) mass is 274 g/mol. The number of hydrogen-bond acceptors (Lipinski definition) is 4. The summed E-state index contributed by atoms with van der Waals surface area (Å²) in [5, 5.41) is 6.55.